The monoisotopic (exact) mass is 365 g/mol. The maximum atomic E-state index is 12.7. The fourth-order valence-corrected chi connectivity index (χ4v) is 3.57. The molecular formula is C19H23N7O. The summed E-state index contributed by atoms with van der Waals surface area (Å²) in [5.41, 5.74) is 1.46. The zero-order valence-corrected chi connectivity index (χ0v) is 15.9. The third-order valence-electron chi connectivity index (χ3n) is 5.57. The molecule has 8 heteroatoms. The molecule has 2 aromatic heterocycles. The zero-order chi connectivity index (χ0) is 19.2. The van der Waals surface area contributed by atoms with Crippen molar-refractivity contribution in [2.24, 2.45) is 12.5 Å². The number of amides is 1. The molecule has 0 aromatic carbocycles. The van der Waals surface area contributed by atoms with Crippen LogP contribution in [0.2, 0.25) is 0 Å². The number of anilines is 1. The maximum Gasteiger partial charge on any atom is 0.228 e. The van der Waals surface area contributed by atoms with Crippen molar-refractivity contribution >= 4 is 11.7 Å². The van der Waals surface area contributed by atoms with Crippen molar-refractivity contribution in [1.29, 1.82) is 5.26 Å². The first-order valence-corrected chi connectivity index (χ1v) is 9.23. The van der Waals surface area contributed by atoms with Crippen LogP contribution in [0.1, 0.15) is 32.4 Å². The summed E-state index contributed by atoms with van der Waals surface area (Å²) in [4.78, 5) is 25.8. The quantitative estimate of drug-likeness (QED) is 0.820. The van der Waals surface area contributed by atoms with Crippen LogP contribution in [-0.4, -0.2) is 56.2 Å². The molecule has 0 radical (unpaired) electrons. The van der Waals surface area contributed by atoms with Gasteiger partial charge < -0.3 is 9.80 Å². The Labute approximate surface area is 158 Å². The Bertz CT molecular complexity index is 924. The van der Waals surface area contributed by atoms with Gasteiger partial charge in [-0.05, 0) is 19.8 Å². The van der Waals surface area contributed by atoms with Crippen LogP contribution < -0.4 is 4.90 Å². The van der Waals surface area contributed by atoms with Crippen LogP contribution in [0.4, 0.5) is 5.82 Å². The topological polar surface area (TPSA) is 90.9 Å². The SMILES string of the molecule is C[C@@H]1CN(c2cnc(C#N)c(-c3cnn(C)c3)n2)CCN1C(=O)C1(C)CC1. The van der Waals surface area contributed by atoms with Crippen LogP contribution >= 0.6 is 0 Å². The molecule has 1 aliphatic carbocycles. The minimum atomic E-state index is -0.141. The average Bonchev–Trinajstić information content (AvgIpc) is 3.28. The van der Waals surface area contributed by atoms with Gasteiger partial charge in [-0.3, -0.25) is 9.48 Å². The van der Waals surface area contributed by atoms with E-state index in [1.165, 1.54) is 0 Å². The lowest BCUT2D eigenvalue weighted by Gasteiger charge is -2.41. The smallest absolute Gasteiger partial charge is 0.228 e. The number of aromatic nitrogens is 4. The second-order valence-electron chi connectivity index (χ2n) is 7.79. The molecule has 0 bridgehead atoms. The van der Waals surface area contributed by atoms with Crippen molar-refractivity contribution in [3.63, 3.8) is 0 Å². The van der Waals surface area contributed by atoms with E-state index in [2.05, 4.69) is 34.9 Å². The van der Waals surface area contributed by atoms with Gasteiger partial charge in [0.15, 0.2) is 5.69 Å². The van der Waals surface area contributed by atoms with E-state index in [9.17, 15) is 10.1 Å². The van der Waals surface area contributed by atoms with Gasteiger partial charge in [-0.2, -0.15) is 10.4 Å². The molecule has 2 fully saturated rings. The number of aryl methyl sites for hydroxylation is 1. The van der Waals surface area contributed by atoms with Gasteiger partial charge in [0, 0.05) is 49.9 Å². The van der Waals surface area contributed by atoms with Crippen molar-refractivity contribution in [2.45, 2.75) is 32.7 Å². The summed E-state index contributed by atoms with van der Waals surface area (Å²) in [6.45, 7) is 6.23. The molecule has 1 atom stereocenters. The summed E-state index contributed by atoms with van der Waals surface area (Å²) in [5, 5.41) is 13.5. The molecule has 2 aromatic rings. The first-order valence-electron chi connectivity index (χ1n) is 9.23. The number of carbonyl (C=O) groups is 1. The van der Waals surface area contributed by atoms with Crippen molar-refractivity contribution in [3.8, 4) is 17.3 Å². The van der Waals surface area contributed by atoms with Crippen LogP contribution in [0.15, 0.2) is 18.6 Å². The molecule has 2 aliphatic rings. The molecule has 8 nitrogen and oxygen atoms in total. The Hall–Kier alpha value is -2.95. The summed E-state index contributed by atoms with van der Waals surface area (Å²) in [6, 6.07) is 2.22. The molecule has 1 saturated carbocycles. The molecule has 1 amide bonds. The fourth-order valence-electron chi connectivity index (χ4n) is 3.57. The highest BCUT2D eigenvalue weighted by molar-refractivity contribution is 5.85. The first-order chi connectivity index (χ1) is 12.9. The van der Waals surface area contributed by atoms with Gasteiger partial charge in [0.25, 0.3) is 0 Å². The van der Waals surface area contributed by atoms with Gasteiger partial charge in [0.1, 0.15) is 17.6 Å². The van der Waals surface area contributed by atoms with Gasteiger partial charge >= 0.3 is 0 Å². The summed E-state index contributed by atoms with van der Waals surface area (Å²) in [5.74, 6) is 1.00. The highest BCUT2D eigenvalue weighted by Gasteiger charge is 2.48. The Morgan fingerprint density at radius 1 is 1.33 bits per heavy atom. The molecule has 4 rings (SSSR count). The highest BCUT2D eigenvalue weighted by Crippen LogP contribution is 2.47. The summed E-state index contributed by atoms with van der Waals surface area (Å²) in [6.07, 6.45) is 7.14. The van der Waals surface area contributed by atoms with E-state index in [-0.39, 0.29) is 23.1 Å². The number of rotatable bonds is 3. The Kier molecular flexibility index (Phi) is 4.10. The van der Waals surface area contributed by atoms with Crippen LogP contribution in [-0.2, 0) is 11.8 Å². The number of hydrogen-bond donors (Lipinski definition) is 0. The van der Waals surface area contributed by atoms with Gasteiger partial charge in [-0.15, -0.1) is 0 Å². The minimum absolute atomic E-state index is 0.114. The van der Waals surface area contributed by atoms with Gasteiger partial charge in [0.2, 0.25) is 5.91 Å². The van der Waals surface area contributed by atoms with Crippen LogP contribution in [0.25, 0.3) is 11.3 Å². The predicted molar refractivity (Wildman–Crippen MR) is 99.7 cm³/mol. The molecule has 0 spiro atoms. The molecule has 140 valence electrons. The molecule has 3 heterocycles. The molecule has 1 aliphatic heterocycles. The largest absolute Gasteiger partial charge is 0.351 e. The Balaban J connectivity index is 1.56. The van der Waals surface area contributed by atoms with E-state index >= 15 is 0 Å². The van der Waals surface area contributed by atoms with Gasteiger partial charge in [-0.1, -0.05) is 6.92 Å². The van der Waals surface area contributed by atoms with Gasteiger partial charge in [0.05, 0.1) is 12.4 Å². The second kappa shape index (κ2) is 6.34. The third kappa shape index (κ3) is 3.14. The second-order valence-corrected chi connectivity index (χ2v) is 7.79. The maximum absolute atomic E-state index is 12.7. The lowest BCUT2D eigenvalue weighted by atomic mass is 10.1. The lowest BCUT2D eigenvalue weighted by Crippen LogP contribution is -2.55. The van der Waals surface area contributed by atoms with E-state index in [1.807, 2.05) is 18.1 Å². The zero-order valence-electron chi connectivity index (χ0n) is 15.9. The number of nitriles is 1. The average molecular weight is 365 g/mol. The first kappa shape index (κ1) is 17.5. The van der Waals surface area contributed by atoms with E-state index < -0.39 is 0 Å². The van der Waals surface area contributed by atoms with Crippen molar-refractivity contribution in [1.82, 2.24) is 24.6 Å². The number of hydrogen-bond acceptors (Lipinski definition) is 6. The molecular weight excluding hydrogens is 342 g/mol. The Morgan fingerprint density at radius 2 is 2.11 bits per heavy atom. The molecule has 27 heavy (non-hydrogen) atoms. The summed E-state index contributed by atoms with van der Waals surface area (Å²) >= 11 is 0. The third-order valence-corrected chi connectivity index (χ3v) is 5.57. The normalized spacial score (nSPS) is 21.0. The van der Waals surface area contributed by atoms with Crippen LogP contribution in [0, 0.1) is 16.7 Å². The summed E-state index contributed by atoms with van der Waals surface area (Å²) in [7, 11) is 1.82. The molecule has 0 N–H and O–H groups in total. The van der Waals surface area contributed by atoms with Crippen LogP contribution in [0.3, 0.4) is 0 Å². The lowest BCUT2D eigenvalue weighted by molar-refractivity contribution is -0.138. The molecule has 0 unspecified atom stereocenters. The highest BCUT2D eigenvalue weighted by atomic mass is 16.2. The summed E-state index contributed by atoms with van der Waals surface area (Å²) < 4.78 is 1.68. The van der Waals surface area contributed by atoms with Crippen molar-refractivity contribution in [3.05, 3.63) is 24.3 Å². The minimum Gasteiger partial charge on any atom is -0.351 e. The van der Waals surface area contributed by atoms with Crippen LogP contribution in [0.5, 0.6) is 0 Å². The number of piperazine rings is 1. The predicted octanol–water partition coefficient (Wildman–Crippen LogP) is 1.59. The van der Waals surface area contributed by atoms with E-state index in [0.29, 0.717) is 25.3 Å². The standard InChI is InChI=1S/C19H23N7O/c1-13-11-25(6-7-26(13)18(27)19(2)4-5-19)16-10-21-15(8-20)17(23-16)14-9-22-24(3)12-14/h9-10,12-13H,4-7,11H2,1-3H3/t13-/m1/s1. The van der Waals surface area contributed by atoms with Crippen molar-refractivity contribution in [2.75, 3.05) is 24.5 Å². The molecule has 1 saturated heterocycles. The fraction of sp³-hybridized carbons (Fsp3) is 0.526. The van der Waals surface area contributed by atoms with E-state index in [1.54, 1.807) is 17.1 Å². The number of nitrogens with zero attached hydrogens (tertiary/aromatic N) is 7. The number of carbonyl (C=O) groups excluding carboxylic acids is 1. The van der Waals surface area contributed by atoms with Crippen molar-refractivity contribution < 1.29 is 4.79 Å². The Morgan fingerprint density at radius 3 is 2.70 bits per heavy atom. The van der Waals surface area contributed by atoms with E-state index in [4.69, 9.17) is 4.98 Å². The van der Waals surface area contributed by atoms with E-state index in [0.717, 1.165) is 24.2 Å². The van der Waals surface area contributed by atoms with Gasteiger partial charge in [-0.25, -0.2) is 9.97 Å².